The van der Waals surface area contributed by atoms with E-state index in [0.717, 1.165) is 25.7 Å². The van der Waals surface area contributed by atoms with Crippen molar-refractivity contribution < 1.29 is 4.79 Å². The lowest BCUT2D eigenvalue weighted by atomic mass is 10.3. The fourth-order valence-electron chi connectivity index (χ4n) is 1.51. The molecule has 0 aliphatic carbocycles. The van der Waals surface area contributed by atoms with E-state index in [4.69, 9.17) is 0 Å². The zero-order valence-electron chi connectivity index (χ0n) is 11.1. The molecule has 0 unspecified atom stereocenters. The van der Waals surface area contributed by atoms with Crippen molar-refractivity contribution in [2.24, 2.45) is 0 Å². The Morgan fingerprint density at radius 1 is 1.28 bits per heavy atom. The highest BCUT2D eigenvalue weighted by molar-refractivity contribution is 5.91. The van der Waals surface area contributed by atoms with Gasteiger partial charge >= 0.3 is 0 Å². The van der Waals surface area contributed by atoms with Crippen LogP contribution in [0.15, 0.2) is 16.9 Å². The number of rotatable bonds is 7. The summed E-state index contributed by atoms with van der Waals surface area (Å²) in [6.45, 7) is 5.32. The molecule has 5 nitrogen and oxygen atoms in total. The van der Waals surface area contributed by atoms with Crippen LogP contribution in [0.3, 0.4) is 0 Å². The second kappa shape index (κ2) is 7.63. The lowest BCUT2D eigenvalue weighted by molar-refractivity contribution is 0.0945. The second-order valence-corrected chi connectivity index (χ2v) is 4.24. The number of hydrogen-bond acceptors (Lipinski definition) is 3. The molecule has 0 radical (unpaired) electrons. The summed E-state index contributed by atoms with van der Waals surface area (Å²) in [5, 5.41) is 6.87. The van der Waals surface area contributed by atoms with Gasteiger partial charge in [-0.2, -0.15) is 5.10 Å². The van der Waals surface area contributed by atoms with Crippen molar-refractivity contribution in [3.63, 3.8) is 0 Å². The third kappa shape index (κ3) is 4.31. The monoisotopic (exact) mass is 251 g/mol. The minimum atomic E-state index is -0.214. The summed E-state index contributed by atoms with van der Waals surface area (Å²) in [5.41, 5.74) is 0.148. The van der Waals surface area contributed by atoms with E-state index in [9.17, 15) is 9.59 Å². The predicted molar refractivity (Wildman–Crippen MR) is 70.6 cm³/mol. The van der Waals surface area contributed by atoms with Crippen molar-refractivity contribution in [3.05, 3.63) is 28.2 Å². The Labute approximate surface area is 107 Å². The highest BCUT2D eigenvalue weighted by Gasteiger charge is 2.08. The molecule has 1 N–H and O–H groups in total. The molecule has 0 aliphatic heterocycles. The van der Waals surface area contributed by atoms with E-state index in [1.807, 2.05) is 6.92 Å². The van der Waals surface area contributed by atoms with E-state index in [1.165, 1.54) is 16.8 Å². The fraction of sp³-hybridized carbons (Fsp3) is 0.615. The average Bonchev–Trinajstić information content (AvgIpc) is 2.38. The number of carbonyl (C=O) groups excluding carboxylic acids is 1. The summed E-state index contributed by atoms with van der Waals surface area (Å²) in [4.78, 5) is 23.3. The summed E-state index contributed by atoms with van der Waals surface area (Å²) < 4.78 is 1.36. The molecule has 1 rings (SSSR count). The number of nitrogens with zero attached hydrogens (tertiary/aromatic N) is 2. The van der Waals surface area contributed by atoms with Gasteiger partial charge in [0.05, 0.1) is 0 Å². The molecule has 1 aromatic rings. The standard InChI is InChI=1S/C13H21N3O2/c1-3-5-9-14-13(18)11-7-8-12(17)16(15-11)10-6-4-2/h7-8H,3-6,9-10H2,1-2H3,(H,14,18). The van der Waals surface area contributed by atoms with Crippen LogP contribution in [-0.4, -0.2) is 22.2 Å². The van der Waals surface area contributed by atoms with E-state index in [-0.39, 0.29) is 11.5 Å². The molecular formula is C13H21N3O2. The van der Waals surface area contributed by atoms with Crippen LogP contribution in [0.25, 0.3) is 0 Å². The number of nitrogens with one attached hydrogen (secondary N) is 1. The molecule has 1 amide bonds. The molecule has 0 saturated carbocycles. The summed E-state index contributed by atoms with van der Waals surface area (Å²) in [6.07, 6.45) is 3.85. The van der Waals surface area contributed by atoms with Crippen LogP contribution in [0, 0.1) is 0 Å². The number of aryl methyl sites for hydroxylation is 1. The normalized spacial score (nSPS) is 10.3. The Balaban J connectivity index is 2.71. The third-order valence-corrected chi connectivity index (χ3v) is 2.64. The Kier molecular flexibility index (Phi) is 6.11. The van der Waals surface area contributed by atoms with Crippen molar-refractivity contribution in [1.82, 2.24) is 15.1 Å². The Bertz CT molecular complexity index is 440. The van der Waals surface area contributed by atoms with Crippen molar-refractivity contribution in [3.8, 4) is 0 Å². The van der Waals surface area contributed by atoms with Crippen LogP contribution < -0.4 is 10.9 Å². The number of carbonyl (C=O) groups is 1. The minimum absolute atomic E-state index is 0.159. The molecule has 0 bridgehead atoms. The van der Waals surface area contributed by atoms with Crippen LogP contribution in [0.2, 0.25) is 0 Å². The molecule has 0 aliphatic rings. The van der Waals surface area contributed by atoms with Crippen molar-refractivity contribution in [2.75, 3.05) is 6.54 Å². The number of hydrogen-bond donors (Lipinski definition) is 1. The number of amides is 1. The van der Waals surface area contributed by atoms with Gasteiger partial charge in [0.2, 0.25) is 0 Å². The maximum Gasteiger partial charge on any atom is 0.271 e. The van der Waals surface area contributed by atoms with Crippen molar-refractivity contribution >= 4 is 5.91 Å². The van der Waals surface area contributed by atoms with Crippen LogP contribution in [-0.2, 0) is 6.54 Å². The first-order valence-electron chi connectivity index (χ1n) is 6.55. The average molecular weight is 251 g/mol. The van der Waals surface area contributed by atoms with E-state index >= 15 is 0 Å². The van der Waals surface area contributed by atoms with Gasteiger partial charge in [-0.05, 0) is 18.9 Å². The Hall–Kier alpha value is -1.65. The molecule has 0 aromatic carbocycles. The van der Waals surface area contributed by atoms with Gasteiger partial charge in [0.1, 0.15) is 5.69 Å². The van der Waals surface area contributed by atoms with Crippen molar-refractivity contribution in [1.29, 1.82) is 0 Å². The SMILES string of the molecule is CCCCNC(=O)c1ccc(=O)n(CCCC)n1. The van der Waals surface area contributed by atoms with Crippen LogP contribution >= 0.6 is 0 Å². The Morgan fingerprint density at radius 2 is 2.00 bits per heavy atom. The van der Waals surface area contributed by atoms with E-state index in [1.54, 1.807) is 0 Å². The summed E-state index contributed by atoms with van der Waals surface area (Å²) >= 11 is 0. The lowest BCUT2D eigenvalue weighted by Gasteiger charge is -2.06. The zero-order chi connectivity index (χ0) is 13.4. The van der Waals surface area contributed by atoms with Gasteiger partial charge < -0.3 is 5.32 Å². The molecule has 0 fully saturated rings. The van der Waals surface area contributed by atoms with Crippen LogP contribution in [0.5, 0.6) is 0 Å². The summed E-state index contributed by atoms with van der Waals surface area (Å²) in [7, 11) is 0. The molecule has 5 heteroatoms. The summed E-state index contributed by atoms with van der Waals surface area (Å²) in [6, 6.07) is 2.88. The first-order valence-corrected chi connectivity index (χ1v) is 6.55. The van der Waals surface area contributed by atoms with E-state index in [2.05, 4.69) is 17.3 Å². The highest BCUT2D eigenvalue weighted by atomic mass is 16.2. The molecular weight excluding hydrogens is 230 g/mol. The largest absolute Gasteiger partial charge is 0.351 e. The molecule has 100 valence electrons. The molecule has 0 spiro atoms. The second-order valence-electron chi connectivity index (χ2n) is 4.24. The topological polar surface area (TPSA) is 64.0 Å². The van der Waals surface area contributed by atoms with E-state index < -0.39 is 0 Å². The van der Waals surface area contributed by atoms with Crippen molar-refractivity contribution in [2.45, 2.75) is 46.1 Å². The zero-order valence-corrected chi connectivity index (χ0v) is 11.1. The van der Waals surface area contributed by atoms with E-state index in [0.29, 0.717) is 18.8 Å². The quantitative estimate of drug-likeness (QED) is 0.748. The molecule has 0 saturated heterocycles. The smallest absolute Gasteiger partial charge is 0.271 e. The molecule has 0 atom stereocenters. The van der Waals surface area contributed by atoms with Gasteiger partial charge in [-0.1, -0.05) is 26.7 Å². The van der Waals surface area contributed by atoms with Gasteiger partial charge in [-0.15, -0.1) is 0 Å². The molecule has 1 aromatic heterocycles. The predicted octanol–water partition coefficient (Wildman–Crippen LogP) is 1.57. The maximum atomic E-state index is 11.8. The molecule has 18 heavy (non-hydrogen) atoms. The van der Waals surface area contributed by atoms with Gasteiger partial charge in [-0.3, -0.25) is 9.59 Å². The minimum Gasteiger partial charge on any atom is -0.351 e. The first kappa shape index (κ1) is 14.4. The van der Waals surface area contributed by atoms with Gasteiger partial charge in [0.25, 0.3) is 11.5 Å². The highest BCUT2D eigenvalue weighted by Crippen LogP contribution is 1.94. The van der Waals surface area contributed by atoms with Gasteiger partial charge in [0, 0.05) is 19.2 Å². The fourth-order valence-corrected chi connectivity index (χ4v) is 1.51. The third-order valence-electron chi connectivity index (χ3n) is 2.64. The van der Waals surface area contributed by atoms with Gasteiger partial charge in [-0.25, -0.2) is 4.68 Å². The number of aromatic nitrogens is 2. The van der Waals surface area contributed by atoms with Crippen LogP contribution in [0.4, 0.5) is 0 Å². The van der Waals surface area contributed by atoms with Crippen LogP contribution in [0.1, 0.15) is 50.0 Å². The maximum absolute atomic E-state index is 11.8. The first-order chi connectivity index (χ1) is 8.69. The Morgan fingerprint density at radius 3 is 2.67 bits per heavy atom. The summed E-state index contributed by atoms with van der Waals surface area (Å²) in [5.74, 6) is -0.214. The van der Waals surface area contributed by atoms with Gasteiger partial charge in [0.15, 0.2) is 0 Å². The number of unbranched alkanes of at least 4 members (excludes halogenated alkanes) is 2. The molecule has 1 heterocycles. The lowest BCUT2D eigenvalue weighted by Crippen LogP contribution is -2.30.